The van der Waals surface area contributed by atoms with Crippen LogP contribution in [0.25, 0.3) is 10.8 Å². The van der Waals surface area contributed by atoms with Gasteiger partial charge in [-0.3, -0.25) is 14.6 Å². The largest absolute Gasteiger partial charge is 0.486 e. The fourth-order valence-corrected chi connectivity index (χ4v) is 3.97. The number of carbonyl (C=O) groups excluding carboxylic acids is 2. The standard InChI is InChI=1S/C23H21N3O4/c27-22-11-16(14-26(22)17-5-6-20-21(12-17)30-10-9-29-20)23(28)25-13-19-18-4-2-1-3-15(18)7-8-24-19/h1-8,12,16H,9-11,13-14H2,(H,25,28). The van der Waals surface area contributed by atoms with Gasteiger partial charge in [0.2, 0.25) is 11.8 Å². The van der Waals surface area contributed by atoms with Crippen LogP contribution >= 0.6 is 0 Å². The quantitative estimate of drug-likeness (QED) is 0.724. The molecule has 2 aromatic carbocycles. The molecule has 7 heteroatoms. The van der Waals surface area contributed by atoms with Crippen molar-refractivity contribution in [2.45, 2.75) is 13.0 Å². The number of aromatic nitrogens is 1. The summed E-state index contributed by atoms with van der Waals surface area (Å²) in [6.07, 6.45) is 1.93. The van der Waals surface area contributed by atoms with E-state index in [9.17, 15) is 9.59 Å². The molecule has 3 heterocycles. The molecule has 1 aromatic heterocycles. The van der Waals surface area contributed by atoms with Crippen LogP contribution in [0.4, 0.5) is 5.69 Å². The van der Waals surface area contributed by atoms with Gasteiger partial charge >= 0.3 is 0 Å². The summed E-state index contributed by atoms with van der Waals surface area (Å²) in [7, 11) is 0. The first-order chi connectivity index (χ1) is 14.7. The maximum atomic E-state index is 12.7. The number of fused-ring (bicyclic) bond motifs is 2. The Morgan fingerprint density at radius 2 is 1.93 bits per heavy atom. The van der Waals surface area contributed by atoms with Gasteiger partial charge in [-0.05, 0) is 23.6 Å². The molecule has 152 valence electrons. The Labute approximate surface area is 173 Å². The Balaban J connectivity index is 1.27. The highest BCUT2D eigenvalue weighted by atomic mass is 16.6. The van der Waals surface area contributed by atoms with E-state index in [4.69, 9.17) is 9.47 Å². The predicted octanol–water partition coefficient (Wildman–Crippen LogP) is 2.68. The molecule has 30 heavy (non-hydrogen) atoms. The van der Waals surface area contributed by atoms with Gasteiger partial charge in [-0.25, -0.2) is 0 Å². The minimum atomic E-state index is -0.402. The number of anilines is 1. The summed E-state index contributed by atoms with van der Waals surface area (Å²) in [4.78, 5) is 31.4. The van der Waals surface area contributed by atoms with Crippen LogP contribution in [0.5, 0.6) is 11.5 Å². The lowest BCUT2D eigenvalue weighted by molar-refractivity contribution is -0.126. The number of benzene rings is 2. The summed E-state index contributed by atoms with van der Waals surface area (Å²) >= 11 is 0. The average Bonchev–Trinajstić information content (AvgIpc) is 3.19. The van der Waals surface area contributed by atoms with Gasteiger partial charge in [0.05, 0.1) is 18.2 Å². The number of amides is 2. The van der Waals surface area contributed by atoms with Crippen LogP contribution in [0.2, 0.25) is 0 Å². The molecule has 7 nitrogen and oxygen atoms in total. The van der Waals surface area contributed by atoms with Gasteiger partial charge in [-0.2, -0.15) is 0 Å². The van der Waals surface area contributed by atoms with Crippen LogP contribution in [0.15, 0.2) is 54.7 Å². The van der Waals surface area contributed by atoms with Crippen LogP contribution in [0.1, 0.15) is 12.1 Å². The Hall–Kier alpha value is -3.61. The van der Waals surface area contributed by atoms with Gasteiger partial charge in [0.15, 0.2) is 11.5 Å². The maximum absolute atomic E-state index is 12.7. The SMILES string of the molecule is O=C(NCc1nccc2ccccc12)C1CC(=O)N(c2ccc3c(c2)OCCO3)C1. The lowest BCUT2D eigenvalue weighted by Gasteiger charge is -2.22. The number of rotatable bonds is 4. The summed E-state index contributed by atoms with van der Waals surface area (Å²) in [5, 5.41) is 5.05. The molecule has 5 rings (SSSR count). The lowest BCUT2D eigenvalue weighted by atomic mass is 10.1. The highest BCUT2D eigenvalue weighted by Crippen LogP contribution is 2.36. The zero-order chi connectivity index (χ0) is 20.5. The summed E-state index contributed by atoms with van der Waals surface area (Å²) in [6.45, 7) is 1.67. The highest BCUT2D eigenvalue weighted by molar-refractivity contribution is 6.00. The molecule has 1 N–H and O–H groups in total. The minimum Gasteiger partial charge on any atom is -0.486 e. The topological polar surface area (TPSA) is 80.8 Å². The number of ether oxygens (including phenoxy) is 2. The molecule has 0 aliphatic carbocycles. The van der Waals surface area contributed by atoms with Crippen molar-refractivity contribution in [1.82, 2.24) is 10.3 Å². The van der Waals surface area contributed by atoms with Gasteiger partial charge < -0.3 is 19.7 Å². The van der Waals surface area contributed by atoms with Gasteiger partial charge in [-0.15, -0.1) is 0 Å². The van der Waals surface area contributed by atoms with E-state index >= 15 is 0 Å². The molecule has 1 fully saturated rings. The molecule has 0 radical (unpaired) electrons. The van der Waals surface area contributed by atoms with E-state index in [2.05, 4.69) is 10.3 Å². The van der Waals surface area contributed by atoms with Crippen molar-refractivity contribution in [3.63, 3.8) is 0 Å². The monoisotopic (exact) mass is 403 g/mol. The van der Waals surface area contributed by atoms with Crippen molar-refractivity contribution >= 4 is 28.3 Å². The Morgan fingerprint density at radius 1 is 1.10 bits per heavy atom. The molecule has 2 amide bonds. The molecule has 0 saturated carbocycles. The second kappa shape index (κ2) is 7.67. The Bertz CT molecular complexity index is 1130. The first-order valence-corrected chi connectivity index (χ1v) is 9.99. The fourth-order valence-electron chi connectivity index (χ4n) is 3.97. The summed E-state index contributed by atoms with van der Waals surface area (Å²) < 4.78 is 11.1. The smallest absolute Gasteiger partial charge is 0.227 e. The number of pyridine rings is 1. The summed E-state index contributed by atoms with van der Waals surface area (Å²) in [6, 6.07) is 15.3. The third kappa shape index (κ3) is 3.43. The van der Waals surface area contributed by atoms with Crippen LogP contribution < -0.4 is 19.7 Å². The molecule has 2 aliphatic rings. The number of carbonyl (C=O) groups is 2. The van der Waals surface area contributed by atoms with Crippen molar-refractivity contribution in [3.8, 4) is 11.5 Å². The number of hydrogen-bond donors (Lipinski definition) is 1. The van der Waals surface area contributed by atoms with Crippen molar-refractivity contribution in [2.75, 3.05) is 24.7 Å². The second-order valence-corrected chi connectivity index (χ2v) is 7.43. The van der Waals surface area contributed by atoms with E-state index in [1.165, 1.54) is 0 Å². The average molecular weight is 403 g/mol. The van der Waals surface area contributed by atoms with Crippen LogP contribution in [-0.4, -0.2) is 36.6 Å². The van der Waals surface area contributed by atoms with Crippen LogP contribution in [-0.2, 0) is 16.1 Å². The van der Waals surface area contributed by atoms with Gasteiger partial charge in [0.25, 0.3) is 0 Å². The van der Waals surface area contributed by atoms with E-state index in [0.717, 1.165) is 22.2 Å². The number of nitrogens with one attached hydrogen (secondary N) is 1. The first kappa shape index (κ1) is 18.4. The van der Waals surface area contributed by atoms with E-state index in [-0.39, 0.29) is 18.2 Å². The normalized spacial score (nSPS) is 17.9. The second-order valence-electron chi connectivity index (χ2n) is 7.43. The van der Waals surface area contributed by atoms with Crippen LogP contribution in [0, 0.1) is 5.92 Å². The van der Waals surface area contributed by atoms with Gasteiger partial charge in [0, 0.05) is 36.3 Å². The first-order valence-electron chi connectivity index (χ1n) is 9.99. The van der Waals surface area contributed by atoms with Crippen molar-refractivity contribution in [3.05, 3.63) is 60.4 Å². The van der Waals surface area contributed by atoms with E-state index in [0.29, 0.717) is 37.8 Å². The molecule has 2 aliphatic heterocycles. The Morgan fingerprint density at radius 3 is 2.83 bits per heavy atom. The van der Waals surface area contributed by atoms with E-state index < -0.39 is 5.92 Å². The van der Waals surface area contributed by atoms with Crippen molar-refractivity contribution in [2.24, 2.45) is 5.92 Å². The zero-order valence-electron chi connectivity index (χ0n) is 16.3. The fraction of sp³-hybridized carbons (Fsp3) is 0.261. The van der Waals surface area contributed by atoms with Crippen molar-refractivity contribution < 1.29 is 19.1 Å². The highest BCUT2D eigenvalue weighted by Gasteiger charge is 2.35. The van der Waals surface area contributed by atoms with Crippen LogP contribution in [0.3, 0.4) is 0 Å². The maximum Gasteiger partial charge on any atom is 0.227 e. The molecule has 1 atom stereocenters. The summed E-state index contributed by atoms with van der Waals surface area (Å²) in [5.41, 5.74) is 1.53. The number of nitrogens with zero attached hydrogens (tertiary/aromatic N) is 2. The Kier molecular flexibility index (Phi) is 4.71. The zero-order valence-corrected chi connectivity index (χ0v) is 16.3. The van der Waals surface area contributed by atoms with Crippen molar-refractivity contribution in [1.29, 1.82) is 0 Å². The molecular weight excluding hydrogens is 382 g/mol. The predicted molar refractivity (Wildman–Crippen MR) is 111 cm³/mol. The van der Waals surface area contributed by atoms with E-state index in [1.807, 2.05) is 36.4 Å². The molecule has 3 aromatic rings. The molecule has 1 unspecified atom stereocenters. The molecular formula is C23H21N3O4. The lowest BCUT2D eigenvalue weighted by Crippen LogP contribution is -2.33. The third-order valence-corrected chi connectivity index (χ3v) is 5.52. The van der Waals surface area contributed by atoms with Gasteiger partial charge in [0.1, 0.15) is 13.2 Å². The minimum absolute atomic E-state index is 0.0740. The third-order valence-electron chi connectivity index (χ3n) is 5.52. The number of hydrogen-bond acceptors (Lipinski definition) is 5. The molecule has 1 saturated heterocycles. The van der Waals surface area contributed by atoms with Gasteiger partial charge in [-0.1, -0.05) is 24.3 Å². The summed E-state index contributed by atoms with van der Waals surface area (Å²) in [5.74, 6) is 0.684. The molecule has 0 spiro atoms. The van der Waals surface area contributed by atoms with E-state index in [1.54, 1.807) is 23.2 Å². The molecule has 0 bridgehead atoms.